The van der Waals surface area contributed by atoms with Gasteiger partial charge in [0, 0.05) is 23.6 Å². The Hall–Kier alpha value is -1.13. The molecule has 3 nitrogen and oxygen atoms in total. The summed E-state index contributed by atoms with van der Waals surface area (Å²) in [6.45, 7) is 2.27. The Morgan fingerprint density at radius 2 is 2.21 bits per heavy atom. The van der Waals surface area contributed by atoms with Crippen LogP contribution >= 0.6 is 27.5 Å². The van der Waals surface area contributed by atoms with E-state index in [-0.39, 0.29) is 17.6 Å². The van der Waals surface area contributed by atoms with E-state index in [4.69, 9.17) is 11.6 Å². The van der Waals surface area contributed by atoms with Crippen molar-refractivity contribution in [3.63, 3.8) is 0 Å². The predicted molar refractivity (Wildman–Crippen MR) is 80.6 cm³/mol. The Kier molecular flexibility index (Phi) is 4.42. The Labute approximate surface area is 125 Å². The lowest BCUT2D eigenvalue weighted by atomic mass is 10.1. The number of rotatable bonds is 3. The van der Waals surface area contributed by atoms with E-state index >= 15 is 0 Å². The summed E-state index contributed by atoms with van der Waals surface area (Å²) in [6, 6.07) is 3.93. The summed E-state index contributed by atoms with van der Waals surface area (Å²) in [5, 5.41) is 0. The molecule has 0 spiro atoms. The van der Waals surface area contributed by atoms with Crippen molar-refractivity contribution in [1.82, 2.24) is 0 Å². The van der Waals surface area contributed by atoms with Crippen LogP contribution in [0.2, 0.25) is 0 Å². The predicted octanol–water partition coefficient (Wildman–Crippen LogP) is 3.18. The highest BCUT2D eigenvalue weighted by Crippen LogP contribution is 2.33. The molecule has 0 saturated carbocycles. The van der Waals surface area contributed by atoms with Crippen LogP contribution in [0.1, 0.15) is 18.1 Å². The molecule has 0 radical (unpaired) electrons. The summed E-state index contributed by atoms with van der Waals surface area (Å²) < 4.78 is 0.912. The summed E-state index contributed by atoms with van der Waals surface area (Å²) in [6.07, 6.45) is 4.02. The molecule has 0 fully saturated rings. The van der Waals surface area contributed by atoms with Crippen LogP contribution in [0.15, 0.2) is 22.7 Å². The smallest absolute Gasteiger partial charge is 0.223 e. The first-order valence-electron chi connectivity index (χ1n) is 5.90. The maximum Gasteiger partial charge on any atom is 0.223 e. The van der Waals surface area contributed by atoms with Gasteiger partial charge in [-0.1, -0.05) is 22.0 Å². The third-order valence-electron chi connectivity index (χ3n) is 3.05. The maximum absolute atomic E-state index is 11.5. The Balaban J connectivity index is 2.37. The molecule has 0 aliphatic carbocycles. The first-order valence-corrected chi connectivity index (χ1v) is 7.23. The van der Waals surface area contributed by atoms with Crippen LogP contribution in [-0.2, 0) is 16.0 Å². The third-order valence-corrected chi connectivity index (χ3v) is 4.00. The number of benzene rings is 1. The van der Waals surface area contributed by atoms with Crippen LogP contribution in [0.5, 0.6) is 0 Å². The molecule has 1 aromatic rings. The van der Waals surface area contributed by atoms with E-state index < -0.39 is 0 Å². The highest BCUT2D eigenvalue weighted by Gasteiger charge is 2.23. The molecule has 0 N–H and O–H groups in total. The van der Waals surface area contributed by atoms with Gasteiger partial charge in [0.1, 0.15) is 0 Å². The molecular formula is C14H13BrClNO2. The van der Waals surface area contributed by atoms with Crippen molar-refractivity contribution in [2.45, 2.75) is 13.3 Å². The summed E-state index contributed by atoms with van der Waals surface area (Å²) in [4.78, 5) is 24.5. The van der Waals surface area contributed by atoms with Crippen LogP contribution in [0, 0.1) is 0 Å². The minimum atomic E-state index is -0.141. The number of anilines is 1. The number of amides is 1. The van der Waals surface area contributed by atoms with E-state index in [1.165, 1.54) is 6.08 Å². The topological polar surface area (TPSA) is 37.4 Å². The number of halogens is 2. The van der Waals surface area contributed by atoms with E-state index in [2.05, 4.69) is 15.9 Å². The molecule has 1 heterocycles. The third kappa shape index (κ3) is 3.07. The zero-order valence-corrected chi connectivity index (χ0v) is 12.8. The van der Waals surface area contributed by atoms with Crippen LogP contribution < -0.4 is 4.90 Å². The standard InChI is InChI=1S/C14H13BrClNO2/c1-9(18)17-5-4-11-6-13(15)10(7-14(11)17)2-3-12(19)8-16/h2-3,6-7H,4-5,8H2,1H3. The monoisotopic (exact) mass is 341 g/mol. The van der Waals surface area contributed by atoms with E-state index in [0.717, 1.165) is 27.7 Å². The molecule has 2 rings (SSSR count). The van der Waals surface area contributed by atoms with Gasteiger partial charge in [0.05, 0.1) is 5.88 Å². The molecule has 19 heavy (non-hydrogen) atoms. The molecule has 1 amide bonds. The van der Waals surface area contributed by atoms with Gasteiger partial charge >= 0.3 is 0 Å². The fraction of sp³-hybridized carbons (Fsp3) is 0.286. The summed E-state index contributed by atoms with van der Waals surface area (Å²) in [7, 11) is 0. The summed E-state index contributed by atoms with van der Waals surface area (Å²) in [5.74, 6) is -0.135. The SMILES string of the molecule is CC(=O)N1CCc2cc(Br)c(C=CC(=O)CCl)cc21. The quantitative estimate of drug-likeness (QED) is 0.625. The summed E-state index contributed by atoms with van der Waals surface area (Å²) in [5.41, 5.74) is 2.93. The van der Waals surface area contributed by atoms with E-state index in [9.17, 15) is 9.59 Å². The van der Waals surface area contributed by atoms with Crippen LogP contribution in [0.4, 0.5) is 5.69 Å². The van der Waals surface area contributed by atoms with Gasteiger partial charge in [-0.2, -0.15) is 0 Å². The molecule has 0 saturated heterocycles. The molecule has 0 bridgehead atoms. The van der Waals surface area contributed by atoms with Crippen molar-refractivity contribution in [2.75, 3.05) is 17.3 Å². The first-order chi connectivity index (χ1) is 9.02. The van der Waals surface area contributed by atoms with Crippen molar-refractivity contribution in [3.05, 3.63) is 33.8 Å². The second-order valence-corrected chi connectivity index (χ2v) is 5.48. The van der Waals surface area contributed by atoms with Crippen LogP contribution in [0.25, 0.3) is 6.08 Å². The lowest BCUT2D eigenvalue weighted by Crippen LogP contribution is -2.25. The molecule has 100 valence electrons. The highest BCUT2D eigenvalue weighted by atomic mass is 79.9. The second kappa shape index (κ2) is 5.88. The number of carbonyl (C=O) groups excluding carboxylic acids is 2. The molecule has 0 atom stereocenters. The average molecular weight is 343 g/mol. The largest absolute Gasteiger partial charge is 0.312 e. The molecule has 5 heteroatoms. The van der Waals surface area contributed by atoms with Gasteiger partial charge in [-0.3, -0.25) is 9.59 Å². The number of fused-ring (bicyclic) bond motifs is 1. The summed E-state index contributed by atoms with van der Waals surface area (Å²) >= 11 is 8.93. The lowest BCUT2D eigenvalue weighted by molar-refractivity contribution is -0.116. The molecule has 1 aromatic carbocycles. The second-order valence-electron chi connectivity index (χ2n) is 4.36. The lowest BCUT2D eigenvalue weighted by Gasteiger charge is -2.15. The van der Waals surface area contributed by atoms with Gasteiger partial charge in [0.2, 0.25) is 5.91 Å². The van der Waals surface area contributed by atoms with E-state index in [1.807, 2.05) is 12.1 Å². The molecular weight excluding hydrogens is 330 g/mol. The van der Waals surface area contributed by atoms with Gasteiger partial charge in [0.25, 0.3) is 0 Å². The zero-order chi connectivity index (χ0) is 14.0. The van der Waals surface area contributed by atoms with Gasteiger partial charge in [-0.25, -0.2) is 0 Å². The number of alkyl halides is 1. The minimum Gasteiger partial charge on any atom is -0.312 e. The van der Waals surface area contributed by atoms with Gasteiger partial charge in [-0.05, 0) is 35.8 Å². The Morgan fingerprint density at radius 3 is 2.84 bits per heavy atom. The number of carbonyl (C=O) groups is 2. The van der Waals surface area contributed by atoms with Crippen LogP contribution in [-0.4, -0.2) is 24.1 Å². The Bertz CT molecular complexity index is 569. The molecule has 1 aliphatic rings. The number of hydrogen-bond donors (Lipinski definition) is 0. The number of ketones is 1. The molecule has 1 aliphatic heterocycles. The fourth-order valence-corrected chi connectivity index (χ4v) is 2.72. The van der Waals surface area contributed by atoms with Crippen molar-refractivity contribution in [3.8, 4) is 0 Å². The number of allylic oxidation sites excluding steroid dienone is 1. The van der Waals surface area contributed by atoms with Gasteiger partial charge < -0.3 is 4.90 Å². The minimum absolute atomic E-state index is 0.0291. The fourth-order valence-electron chi connectivity index (χ4n) is 2.11. The number of nitrogens with zero attached hydrogens (tertiary/aromatic N) is 1. The van der Waals surface area contributed by atoms with Gasteiger partial charge in [-0.15, -0.1) is 11.6 Å². The van der Waals surface area contributed by atoms with E-state index in [0.29, 0.717) is 6.54 Å². The highest BCUT2D eigenvalue weighted by molar-refractivity contribution is 9.10. The van der Waals surface area contributed by atoms with Crippen molar-refractivity contribution >= 4 is 51.0 Å². The molecule has 0 aromatic heterocycles. The molecule has 0 unspecified atom stereocenters. The van der Waals surface area contributed by atoms with E-state index in [1.54, 1.807) is 17.9 Å². The first kappa shape index (κ1) is 14.3. The van der Waals surface area contributed by atoms with Crippen molar-refractivity contribution in [2.24, 2.45) is 0 Å². The van der Waals surface area contributed by atoms with Crippen LogP contribution in [0.3, 0.4) is 0 Å². The normalized spacial score (nSPS) is 13.9. The maximum atomic E-state index is 11.5. The number of hydrogen-bond acceptors (Lipinski definition) is 2. The average Bonchev–Trinajstić information content (AvgIpc) is 2.78. The Morgan fingerprint density at radius 1 is 1.47 bits per heavy atom. The van der Waals surface area contributed by atoms with Crippen molar-refractivity contribution in [1.29, 1.82) is 0 Å². The zero-order valence-electron chi connectivity index (χ0n) is 10.5. The van der Waals surface area contributed by atoms with Gasteiger partial charge in [0.15, 0.2) is 5.78 Å². The van der Waals surface area contributed by atoms with Crippen molar-refractivity contribution < 1.29 is 9.59 Å².